The SMILES string of the molecule is N#CC(=Cc1ccc(Cl)c(Cl)c1)c1cccs1. The summed E-state index contributed by atoms with van der Waals surface area (Å²) in [6, 6.07) is 11.3. The van der Waals surface area contributed by atoms with E-state index in [0.717, 1.165) is 10.4 Å². The largest absolute Gasteiger partial charge is 0.192 e. The zero-order valence-corrected chi connectivity index (χ0v) is 11.0. The highest BCUT2D eigenvalue weighted by Crippen LogP contribution is 2.26. The van der Waals surface area contributed by atoms with Crippen molar-refractivity contribution in [1.82, 2.24) is 0 Å². The molecule has 0 amide bonds. The van der Waals surface area contributed by atoms with Gasteiger partial charge in [-0.1, -0.05) is 35.3 Å². The molecule has 0 saturated heterocycles. The fourth-order valence-corrected chi connectivity index (χ4v) is 2.36. The van der Waals surface area contributed by atoms with Crippen LogP contribution in [-0.2, 0) is 0 Å². The first-order chi connectivity index (χ1) is 8.20. The van der Waals surface area contributed by atoms with E-state index in [1.165, 1.54) is 11.3 Å². The van der Waals surface area contributed by atoms with Crippen molar-refractivity contribution in [3.8, 4) is 6.07 Å². The molecule has 0 unspecified atom stereocenters. The normalized spacial score (nSPS) is 11.2. The average Bonchev–Trinajstić information content (AvgIpc) is 2.84. The molecular weight excluding hydrogens is 273 g/mol. The molecule has 1 nitrogen and oxygen atoms in total. The van der Waals surface area contributed by atoms with Gasteiger partial charge in [0.1, 0.15) is 6.07 Å². The topological polar surface area (TPSA) is 23.8 Å². The van der Waals surface area contributed by atoms with Crippen LogP contribution in [0, 0.1) is 11.3 Å². The van der Waals surface area contributed by atoms with Gasteiger partial charge in [-0.05, 0) is 35.2 Å². The van der Waals surface area contributed by atoms with E-state index in [9.17, 15) is 0 Å². The van der Waals surface area contributed by atoms with Crippen molar-refractivity contribution in [2.45, 2.75) is 0 Å². The molecule has 0 aliphatic heterocycles. The van der Waals surface area contributed by atoms with Gasteiger partial charge in [0.05, 0.1) is 15.6 Å². The van der Waals surface area contributed by atoms with Crippen molar-refractivity contribution in [2.24, 2.45) is 0 Å². The third-order valence-corrected chi connectivity index (χ3v) is 3.80. The van der Waals surface area contributed by atoms with Crippen molar-refractivity contribution in [3.63, 3.8) is 0 Å². The summed E-state index contributed by atoms with van der Waals surface area (Å²) in [4.78, 5) is 0.943. The van der Waals surface area contributed by atoms with Crippen molar-refractivity contribution in [2.75, 3.05) is 0 Å². The molecule has 17 heavy (non-hydrogen) atoms. The van der Waals surface area contributed by atoms with E-state index >= 15 is 0 Å². The summed E-state index contributed by atoms with van der Waals surface area (Å²) >= 11 is 13.3. The van der Waals surface area contributed by atoms with Gasteiger partial charge >= 0.3 is 0 Å². The molecule has 0 fully saturated rings. The number of hydrogen-bond acceptors (Lipinski definition) is 2. The third-order valence-electron chi connectivity index (χ3n) is 2.16. The Morgan fingerprint density at radius 2 is 2.06 bits per heavy atom. The van der Waals surface area contributed by atoms with Crippen molar-refractivity contribution in [1.29, 1.82) is 5.26 Å². The Hall–Kier alpha value is -1.27. The number of thiophene rings is 1. The molecule has 4 heteroatoms. The van der Waals surface area contributed by atoms with Crippen LogP contribution in [-0.4, -0.2) is 0 Å². The van der Waals surface area contributed by atoms with Gasteiger partial charge in [-0.2, -0.15) is 5.26 Å². The lowest BCUT2D eigenvalue weighted by molar-refractivity contribution is 1.54. The Balaban J connectivity index is 2.41. The Morgan fingerprint density at radius 1 is 1.24 bits per heavy atom. The number of allylic oxidation sites excluding steroid dienone is 1. The van der Waals surface area contributed by atoms with Crippen LogP contribution in [0.5, 0.6) is 0 Å². The summed E-state index contributed by atoms with van der Waals surface area (Å²) < 4.78 is 0. The van der Waals surface area contributed by atoms with E-state index in [1.807, 2.05) is 23.6 Å². The van der Waals surface area contributed by atoms with Gasteiger partial charge in [-0.25, -0.2) is 0 Å². The fraction of sp³-hybridized carbons (Fsp3) is 0. The van der Waals surface area contributed by atoms with Crippen LogP contribution >= 0.6 is 34.5 Å². The first-order valence-corrected chi connectivity index (χ1v) is 6.45. The van der Waals surface area contributed by atoms with Gasteiger partial charge in [0.25, 0.3) is 0 Å². The summed E-state index contributed by atoms with van der Waals surface area (Å²) in [5.74, 6) is 0. The highest BCUT2D eigenvalue weighted by molar-refractivity contribution is 7.11. The summed E-state index contributed by atoms with van der Waals surface area (Å²) in [7, 11) is 0. The molecule has 1 heterocycles. The second-order valence-corrected chi connectivity index (χ2v) is 5.08. The van der Waals surface area contributed by atoms with Crippen LogP contribution in [0.1, 0.15) is 10.4 Å². The Bertz CT molecular complexity index is 594. The molecule has 0 radical (unpaired) electrons. The van der Waals surface area contributed by atoms with E-state index in [-0.39, 0.29) is 0 Å². The van der Waals surface area contributed by atoms with Gasteiger partial charge in [0, 0.05) is 4.88 Å². The monoisotopic (exact) mass is 279 g/mol. The predicted molar refractivity (Wildman–Crippen MR) is 74.3 cm³/mol. The van der Waals surface area contributed by atoms with Crippen LogP contribution < -0.4 is 0 Å². The van der Waals surface area contributed by atoms with E-state index in [1.54, 1.807) is 18.2 Å². The summed E-state index contributed by atoms with van der Waals surface area (Å²) in [5, 5.41) is 12.1. The van der Waals surface area contributed by atoms with Crippen LogP contribution in [0.3, 0.4) is 0 Å². The van der Waals surface area contributed by atoms with Crippen LogP contribution in [0.4, 0.5) is 0 Å². The summed E-state index contributed by atoms with van der Waals surface area (Å²) in [6.07, 6.45) is 1.80. The summed E-state index contributed by atoms with van der Waals surface area (Å²) in [5.41, 5.74) is 1.49. The standard InChI is InChI=1S/C13H7Cl2NS/c14-11-4-3-9(7-12(11)15)6-10(8-16)13-2-1-5-17-13/h1-7H. The van der Waals surface area contributed by atoms with Crippen molar-refractivity contribution < 1.29 is 0 Å². The van der Waals surface area contributed by atoms with Crippen molar-refractivity contribution >= 4 is 46.2 Å². The van der Waals surface area contributed by atoms with E-state index in [2.05, 4.69) is 6.07 Å². The summed E-state index contributed by atoms with van der Waals surface area (Å²) in [6.45, 7) is 0. The molecule has 0 N–H and O–H groups in total. The molecule has 0 saturated carbocycles. The lowest BCUT2D eigenvalue weighted by Crippen LogP contribution is -1.78. The molecule has 0 aliphatic rings. The van der Waals surface area contributed by atoms with Gasteiger partial charge in [0.15, 0.2) is 0 Å². The highest BCUT2D eigenvalue weighted by atomic mass is 35.5. The maximum atomic E-state index is 9.11. The van der Waals surface area contributed by atoms with Gasteiger partial charge in [0.2, 0.25) is 0 Å². The Labute approximate surface area is 114 Å². The average molecular weight is 280 g/mol. The quantitative estimate of drug-likeness (QED) is 0.700. The number of rotatable bonds is 2. The minimum atomic E-state index is 0.490. The number of hydrogen-bond donors (Lipinski definition) is 0. The van der Waals surface area contributed by atoms with Gasteiger partial charge in [-0.3, -0.25) is 0 Å². The molecule has 0 atom stereocenters. The third kappa shape index (κ3) is 2.89. The molecule has 1 aromatic carbocycles. The van der Waals surface area contributed by atoms with Crippen LogP contribution in [0.25, 0.3) is 11.6 Å². The predicted octanol–water partition coefficient (Wildman–Crippen LogP) is 5.12. The van der Waals surface area contributed by atoms with Gasteiger partial charge in [-0.15, -0.1) is 11.3 Å². The minimum absolute atomic E-state index is 0.490. The van der Waals surface area contributed by atoms with Crippen LogP contribution in [0.15, 0.2) is 35.7 Å². The molecule has 2 aromatic rings. The Kier molecular flexibility index (Phi) is 3.86. The van der Waals surface area contributed by atoms with Crippen LogP contribution in [0.2, 0.25) is 10.0 Å². The lowest BCUT2D eigenvalue weighted by atomic mass is 10.1. The minimum Gasteiger partial charge on any atom is -0.192 e. The Morgan fingerprint density at radius 3 is 2.65 bits per heavy atom. The molecule has 0 bridgehead atoms. The zero-order valence-electron chi connectivity index (χ0n) is 8.65. The lowest BCUT2D eigenvalue weighted by Gasteiger charge is -1.99. The molecule has 2 rings (SSSR count). The molecular formula is C13H7Cl2NS. The molecule has 0 aliphatic carbocycles. The van der Waals surface area contributed by atoms with Gasteiger partial charge < -0.3 is 0 Å². The molecule has 84 valence electrons. The number of halogens is 2. The number of benzene rings is 1. The first kappa shape index (κ1) is 12.2. The smallest absolute Gasteiger partial charge is 0.101 e. The highest BCUT2D eigenvalue weighted by Gasteiger charge is 2.03. The maximum Gasteiger partial charge on any atom is 0.101 e. The van der Waals surface area contributed by atoms with E-state index in [4.69, 9.17) is 28.5 Å². The second kappa shape index (κ2) is 5.37. The number of nitriles is 1. The first-order valence-electron chi connectivity index (χ1n) is 4.81. The van der Waals surface area contributed by atoms with Crippen molar-refractivity contribution in [3.05, 3.63) is 56.2 Å². The zero-order chi connectivity index (χ0) is 12.3. The maximum absolute atomic E-state index is 9.11. The second-order valence-electron chi connectivity index (χ2n) is 3.32. The molecule has 1 aromatic heterocycles. The fourth-order valence-electron chi connectivity index (χ4n) is 1.36. The molecule has 0 spiro atoms. The van der Waals surface area contributed by atoms with E-state index < -0.39 is 0 Å². The van der Waals surface area contributed by atoms with E-state index in [0.29, 0.717) is 15.6 Å². The number of nitrogens with zero attached hydrogens (tertiary/aromatic N) is 1.